The van der Waals surface area contributed by atoms with Crippen LogP contribution in [0.4, 0.5) is 5.69 Å². The minimum atomic E-state index is 0.591. The van der Waals surface area contributed by atoms with Crippen LogP contribution in [0.25, 0.3) is 0 Å². The smallest absolute Gasteiger partial charge is 0.0345 e. The third-order valence-electron chi connectivity index (χ3n) is 4.69. The van der Waals surface area contributed by atoms with Crippen LogP contribution < -0.4 is 5.32 Å². The summed E-state index contributed by atoms with van der Waals surface area (Å²) in [7, 11) is 0. The van der Waals surface area contributed by atoms with Gasteiger partial charge in [-0.1, -0.05) is 50.2 Å². The fourth-order valence-corrected chi connectivity index (χ4v) is 3.26. The Morgan fingerprint density at radius 3 is 2.48 bits per heavy atom. The number of aryl methyl sites for hydroxylation is 1. The Labute approximate surface area is 128 Å². The molecule has 0 atom stereocenters. The average molecular weight is 279 g/mol. The van der Waals surface area contributed by atoms with Crippen LogP contribution in [-0.4, -0.2) is 6.04 Å². The molecule has 1 saturated carbocycles. The predicted molar refractivity (Wildman–Crippen MR) is 91.1 cm³/mol. The van der Waals surface area contributed by atoms with Crippen molar-refractivity contribution in [2.24, 2.45) is 0 Å². The quantitative estimate of drug-likeness (QED) is 0.781. The molecule has 1 aliphatic carbocycles. The lowest BCUT2D eigenvalue weighted by Gasteiger charge is -2.37. The highest BCUT2D eigenvalue weighted by atomic mass is 14.9. The van der Waals surface area contributed by atoms with Gasteiger partial charge in [-0.2, -0.15) is 0 Å². The van der Waals surface area contributed by atoms with Gasteiger partial charge in [-0.05, 0) is 60.4 Å². The Morgan fingerprint density at radius 1 is 1.00 bits per heavy atom. The zero-order valence-corrected chi connectivity index (χ0v) is 13.3. The molecule has 1 aliphatic rings. The Kier molecular flexibility index (Phi) is 4.01. The van der Waals surface area contributed by atoms with Gasteiger partial charge in [0.25, 0.3) is 0 Å². The van der Waals surface area contributed by atoms with E-state index in [9.17, 15) is 0 Å². The van der Waals surface area contributed by atoms with Crippen LogP contribution in [0.1, 0.15) is 55.2 Å². The van der Waals surface area contributed by atoms with Crippen molar-refractivity contribution in [2.75, 3.05) is 5.32 Å². The van der Waals surface area contributed by atoms with Crippen molar-refractivity contribution in [3.05, 3.63) is 65.2 Å². The van der Waals surface area contributed by atoms with Gasteiger partial charge in [0.05, 0.1) is 0 Å². The molecular formula is C20H25N. The SMILES string of the molecule is Cc1ccccc1C1CC(Nc2cccc(C(C)C)c2)C1. The Hall–Kier alpha value is -1.76. The van der Waals surface area contributed by atoms with Crippen molar-refractivity contribution < 1.29 is 0 Å². The molecule has 1 N–H and O–H groups in total. The van der Waals surface area contributed by atoms with Gasteiger partial charge >= 0.3 is 0 Å². The van der Waals surface area contributed by atoms with Crippen molar-refractivity contribution in [1.82, 2.24) is 0 Å². The first-order valence-electron chi connectivity index (χ1n) is 8.05. The van der Waals surface area contributed by atoms with Crippen molar-refractivity contribution in [2.45, 2.75) is 51.5 Å². The molecule has 0 bridgehead atoms. The van der Waals surface area contributed by atoms with E-state index >= 15 is 0 Å². The summed E-state index contributed by atoms with van der Waals surface area (Å²) in [5.41, 5.74) is 5.65. The van der Waals surface area contributed by atoms with Crippen molar-refractivity contribution >= 4 is 5.69 Å². The normalized spacial score (nSPS) is 21.1. The van der Waals surface area contributed by atoms with Gasteiger partial charge in [0.2, 0.25) is 0 Å². The first kappa shape index (κ1) is 14.2. The average Bonchev–Trinajstić information content (AvgIpc) is 2.44. The van der Waals surface area contributed by atoms with E-state index < -0.39 is 0 Å². The van der Waals surface area contributed by atoms with Gasteiger partial charge in [0.15, 0.2) is 0 Å². The van der Waals surface area contributed by atoms with E-state index in [1.807, 2.05) is 0 Å². The van der Waals surface area contributed by atoms with Crippen molar-refractivity contribution in [3.63, 3.8) is 0 Å². The molecular weight excluding hydrogens is 254 g/mol. The molecule has 0 unspecified atom stereocenters. The lowest BCUT2D eigenvalue weighted by Crippen LogP contribution is -2.34. The molecule has 3 rings (SSSR count). The number of anilines is 1. The Balaban J connectivity index is 1.60. The van der Waals surface area contributed by atoms with Crippen LogP contribution in [-0.2, 0) is 0 Å². The maximum atomic E-state index is 3.69. The van der Waals surface area contributed by atoms with Crippen molar-refractivity contribution in [1.29, 1.82) is 0 Å². The largest absolute Gasteiger partial charge is 0.382 e. The van der Waals surface area contributed by atoms with Gasteiger partial charge in [-0.3, -0.25) is 0 Å². The molecule has 1 fully saturated rings. The topological polar surface area (TPSA) is 12.0 Å². The van der Waals surface area contributed by atoms with E-state index in [2.05, 4.69) is 74.6 Å². The molecule has 0 amide bonds. The molecule has 0 spiro atoms. The van der Waals surface area contributed by atoms with Crippen molar-refractivity contribution in [3.8, 4) is 0 Å². The minimum Gasteiger partial charge on any atom is -0.382 e. The van der Waals surface area contributed by atoms with Crippen LogP contribution in [0.15, 0.2) is 48.5 Å². The molecule has 0 saturated heterocycles. The number of benzene rings is 2. The second-order valence-electron chi connectivity index (χ2n) is 6.65. The summed E-state index contributed by atoms with van der Waals surface area (Å²) in [5, 5.41) is 3.69. The molecule has 0 heterocycles. The van der Waals surface area contributed by atoms with E-state index in [-0.39, 0.29) is 0 Å². The molecule has 0 aromatic heterocycles. The van der Waals surface area contributed by atoms with Crippen LogP contribution in [0, 0.1) is 6.92 Å². The molecule has 2 aromatic carbocycles. The summed E-state index contributed by atoms with van der Waals surface area (Å²) in [4.78, 5) is 0. The Bertz CT molecular complexity index is 609. The zero-order valence-electron chi connectivity index (χ0n) is 13.3. The summed E-state index contributed by atoms with van der Waals surface area (Å²) in [6, 6.07) is 18.3. The summed E-state index contributed by atoms with van der Waals surface area (Å²) in [5.74, 6) is 1.32. The number of nitrogens with one attached hydrogen (secondary N) is 1. The monoisotopic (exact) mass is 279 g/mol. The summed E-state index contributed by atoms with van der Waals surface area (Å²) < 4.78 is 0. The summed E-state index contributed by atoms with van der Waals surface area (Å²) in [6.45, 7) is 6.72. The highest BCUT2D eigenvalue weighted by Crippen LogP contribution is 2.39. The van der Waals surface area contributed by atoms with Crippen LogP contribution in [0.3, 0.4) is 0 Å². The summed E-state index contributed by atoms with van der Waals surface area (Å²) in [6.07, 6.45) is 2.49. The highest BCUT2D eigenvalue weighted by molar-refractivity contribution is 5.48. The van der Waals surface area contributed by atoms with Crippen LogP contribution in [0.2, 0.25) is 0 Å². The fraction of sp³-hybridized carbons (Fsp3) is 0.400. The predicted octanol–water partition coefficient (Wildman–Crippen LogP) is 5.48. The molecule has 0 aliphatic heterocycles. The molecule has 110 valence electrons. The third-order valence-corrected chi connectivity index (χ3v) is 4.69. The molecule has 1 heteroatoms. The zero-order chi connectivity index (χ0) is 14.8. The maximum Gasteiger partial charge on any atom is 0.0345 e. The minimum absolute atomic E-state index is 0.591. The third kappa shape index (κ3) is 3.12. The first-order chi connectivity index (χ1) is 10.1. The van der Waals surface area contributed by atoms with Gasteiger partial charge < -0.3 is 5.32 Å². The van der Waals surface area contributed by atoms with E-state index in [0.29, 0.717) is 12.0 Å². The van der Waals surface area contributed by atoms with Gasteiger partial charge in [0.1, 0.15) is 0 Å². The first-order valence-corrected chi connectivity index (χ1v) is 8.05. The fourth-order valence-electron chi connectivity index (χ4n) is 3.26. The maximum absolute atomic E-state index is 3.69. The molecule has 0 radical (unpaired) electrons. The molecule has 1 nitrogen and oxygen atoms in total. The van der Waals surface area contributed by atoms with E-state index in [1.165, 1.54) is 35.2 Å². The van der Waals surface area contributed by atoms with Gasteiger partial charge in [-0.15, -0.1) is 0 Å². The summed E-state index contributed by atoms with van der Waals surface area (Å²) >= 11 is 0. The van der Waals surface area contributed by atoms with Gasteiger partial charge in [-0.25, -0.2) is 0 Å². The molecule has 2 aromatic rings. The van der Waals surface area contributed by atoms with E-state index in [0.717, 1.165) is 5.92 Å². The number of rotatable bonds is 4. The number of hydrogen-bond acceptors (Lipinski definition) is 1. The Morgan fingerprint density at radius 2 is 1.76 bits per heavy atom. The van der Waals surface area contributed by atoms with E-state index in [1.54, 1.807) is 0 Å². The van der Waals surface area contributed by atoms with Crippen LogP contribution >= 0.6 is 0 Å². The van der Waals surface area contributed by atoms with Gasteiger partial charge in [0, 0.05) is 11.7 Å². The van der Waals surface area contributed by atoms with Crippen LogP contribution in [0.5, 0.6) is 0 Å². The number of hydrogen-bond donors (Lipinski definition) is 1. The lowest BCUT2D eigenvalue weighted by atomic mass is 9.74. The lowest BCUT2D eigenvalue weighted by molar-refractivity contribution is 0.373. The second kappa shape index (κ2) is 5.93. The molecule has 21 heavy (non-hydrogen) atoms. The van der Waals surface area contributed by atoms with E-state index in [4.69, 9.17) is 0 Å². The highest BCUT2D eigenvalue weighted by Gasteiger charge is 2.30. The standard InChI is InChI=1S/C20H25N/c1-14(2)16-8-6-9-18(11-16)21-19-12-17(13-19)20-10-5-4-7-15(20)3/h4-11,14,17,19,21H,12-13H2,1-3H3. The second-order valence-corrected chi connectivity index (χ2v) is 6.65.